The molecule has 2 aliphatic rings. The van der Waals surface area contributed by atoms with Gasteiger partial charge in [0.1, 0.15) is 48.8 Å². The standard InChI is InChI=1S/C34H42O11/c1-39-34-32(42-20-24-15-9-4-10-16-24)31(41-19-23-13-7-3-8-14-23)30(40-18-22-11-5-2-6-12-22)26(45-34)21-43-33-29(38)28(37)27(36)25(17-35)44-33/h2-16,25-38H,17-21H2,1H3/t25?,26?,27-,28?,29?,30-,31?,32?,33-,34+/m1/s1. The Balaban J connectivity index is 1.40. The lowest BCUT2D eigenvalue weighted by atomic mass is 9.97. The van der Waals surface area contributed by atoms with Gasteiger partial charge in [0.25, 0.3) is 0 Å². The summed E-state index contributed by atoms with van der Waals surface area (Å²) in [6.07, 6.45) is -10.9. The first-order valence-electron chi connectivity index (χ1n) is 15.1. The molecular formula is C34H42O11. The van der Waals surface area contributed by atoms with Crippen molar-refractivity contribution < 1.29 is 53.6 Å². The van der Waals surface area contributed by atoms with Gasteiger partial charge >= 0.3 is 0 Å². The number of ether oxygens (including phenoxy) is 7. The molecule has 2 saturated heterocycles. The zero-order chi connectivity index (χ0) is 31.6. The smallest absolute Gasteiger partial charge is 0.186 e. The summed E-state index contributed by atoms with van der Waals surface area (Å²) in [6.45, 7) is 0.0311. The molecule has 3 aromatic rings. The van der Waals surface area contributed by atoms with Gasteiger partial charge in [-0.05, 0) is 16.7 Å². The van der Waals surface area contributed by atoms with Gasteiger partial charge in [-0.3, -0.25) is 0 Å². The van der Waals surface area contributed by atoms with E-state index in [0.717, 1.165) is 16.7 Å². The van der Waals surface area contributed by atoms with Gasteiger partial charge in [0.15, 0.2) is 12.6 Å². The van der Waals surface area contributed by atoms with Gasteiger partial charge in [-0.1, -0.05) is 91.0 Å². The van der Waals surface area contributed by atoms with Crippen molar-refractivity contribution in [1.29, 1.82) is 0 Å². The van der Waals surface area contributed by atoms with Crippen LogP contribution in [0.1, 0.15) is 16.7 Å². The molecule has 2 fully saturated rings. The minimum Gasteiger partial charge on any atom is -0.394 e. The Hall–Kier alpha value is -2.78. The lowest BCUT2D eigenvalue weighted by Gasteiger charge is -2.46. The second kappa shape index (κ2) is 16.7. The molecule has 6 unspecified atom stereocenters. The Morgan fingerprint density at radius 3 is 1.49 bits per heavy atom. The number of rotatable bonds is 14. The van der Waals surface area contributed by atoms with Gasteiger partial charge in [-0.25, -0.2) is 0 Å². The van der Waals surface area contributed by atoms with E-state index >= 15 is 0 Å². The maximum Gasteiger partial charge on any atom is 0.186 e. The second-order valence-corrected chi connectivity index (χ2v) is 11.1. The predicted octanol–water partition coefficient (Wildman–Crippen LogP) is 1.93. The van der Waals surface area contributed by atoms with Gasteiger partial charge < -0.3 is 53.6 Å². The summed E-state index contributed by atoms with van der Waals surface area (Å²) in [5, 5.41) is 40.6. The van der Waals surface area contributed by atoms with Gasteiger partial charge in [-0.2, -0.15) is 0 Å². The third-order valence-electron chi connectivity index (χ3n) is 7.95. The Bertz CT molecular complexity index is 1250. The maximum absolute atomic E-state index is 10.6. The molecule has 11 nitrogen and oxygen atoms in total. The second-order valence-electron chi connectivity index (χ2n) is 11.1. The molecule has 3 aromatic carbocycles. The summed E-state index contributed by atoms with van der Waals surface area (Å²) in [7, 11) is 1.51. The molecule has 45 heavy (non-hydrogen) atoms. The predicted molar refractivity (Wildman–Crippen MR) is 160 cm³/mol. The number of hydrogen-bond acceptors (Lipinski definition) is 11. The fourth-order valence-corrected chi connectivity index (χ4v) is 5.46. The Morgan fingerprint density at radius 2 is 1.00 bits per heavy atom. The van der Waals surface area contributed by atoms with E-state index in [-0.39, 0.29) is 26.4 Å². The summed E-state index contributed by atoms with van der Waals surface area (Å²) in [6, 6.07) is 29.1. The first-order valence-corrected chi connectivity index (χ1v) is 15.1. The van der Waals surface area contributed by atoms with Crippen molar-refractivity contribution in [3.8, 4) is 0 Å². The number of aliphatic hydroxyl groups is 4. The van der Waals surface area contributed by atoms with E-state index in [0.29, 0.717) is 0 Å². The Labute approximate surface area is 262 Å². The molecule has 0 aliphatic carbocycles. The van der Waals surface area contributed by atoms with Crippen LogP contribution in [0.25, 0.3) is 0 Å². The van der Waals surface area contributed by atoms with Crippen LogP contribution in [0.4, 0.5) is 0 Å². The van der Waals surface area contributed by atoms with Crippen molar-refractivity contribution in [2.75, 3.05) is 20.3 Å². The molecule has 0 saturated carbocycles. The molecule has 10 atom stereocenters. The SMILES string of the molecule is CO[C@H]1OC(CO[C@@H]2OC(CO)[C@@H](O)C(O)C2O)[C@@H](OCc2ccccc2)C(OCc2ccccc2)C1OCc1ccccc1. The largest absolute Gasteiger partial charge is 0.394 e. The highest BCUT2D eigenvalue weighted by molar-refractivity contribution is 5.15. The highest BCUT2D eigenvalue weighted by Crippen LogP contribution is 2.32. The van der Waals surface area contributed by atoms with Crippen LogP contribution in [0.15, 0.2) is 91.0 Å². The molecule has 0 spiro atoms. The third kappa shape index (κ3) is 8.73. The number of hydrogen-bond donors (Lipinski definition) is 4. The first kappa shape index (κ1) is 33.6. The molecule has 2 heterocycles. The Kier molecular flexibility index (Phi) is 12.4. The lowest BCUT2D eigenvalue weighted by molar-refractivity contribution is -0.341. The Morgan fingerprint density at radius 1 is 0.533 bits per heavy atom. The fourth-order valence-electron chi connectivity index (χ4n) is 5.46. The minimum atomic E-state index is -1.58. The van der Waals surface area contributed by atoms with Crippen LogP contribution in [0.2, 0.25) is 0 Å². The number of methoxy groups -OCH3 is 1. The van der Waals surface area contributed by atoms with Crippen molar-refractivity contribution in [1.82, 2.24) is 0 Å². The van der Waals surface area contributed by atoms with Crippen molar-refractivity contribution in [3.05, 3.63) is 108 Å². The highest BCUT2D eigenvalue weighted by Gasteiger charge is 2.50. The normalized spacial score (nSPS) is 31.9. The van der Waals surface area contributed by atoms with Crippen molar-refractivity contribution in [2.24, 2.45) is 0 Å². The van der Waals surface area contributed by atoms with Crippen LogP contribution >= 0.6 is 0 Å². The van der Waals surface area contributed by atoms with E-state index < -0.39 is 68.0 Å². The van der Waals surface area contributed by atoms with Gasteiger partial charge in [0, 0.05) is 7.11 Å². The average molecular weight is 627 g/mol. The summed E-state index contributed by atoms with van der Waals surface area (Å²) >= 11 is 0. The third-order valence-corrected chi connectivity index (χ3v) is 7.95. The van der Waals surface area contributed by atoms with Crippen LogP contribution in [0, 0.1) is 0 Å². The van der Waals surface area contributed by atoms with E-state index in [2.05, 4.69) is 0 Å². The van der Waals surface area contributed by atoms with Crippen LogP contribution in [0.5, 0.6) is 0 Å². The van der Waals surface area contributed by atoms with E-state index in [1.165, 1.54) is 7.11 Å². The topological polar surface area (TPSA) is 146 Å². The van der Waals surface area contributed by atoms with Gasteiger partial charge in [0.2, 0.25) is 0 Å². The van der Waals surface area contributed by atoms with Gasteiger partial charge in [0.05, 0.1) is 33.0 Å². The van der Waals surface area contributed by atoms with E-state index in [1.54, 1.807) is 0 Å². The van der Waals surface area contributed by atoms with Crippen molar-refractivity contribution >= 4 is 0 Å². The molecule has 4 N–H and O–H groups in total. The van der Waals surface area contributed by atoms with Crippen molar-refractivity contribution in [3.63, 3.8) is 0 Å². The average Bonchev–Trinajstić information content (AvgIpc) is 3.09. The van der Waals surface area contributed by atoms with Crippen LogP contribution in [0.3, 0.4) is 0 Å². The molecule has 0 bridgehead atoms. The number of benzene rings is 3. The fraction of sp³-hybridized carbons (Fsp3) is 0.471. The molecular weight excluding hydrogens is 584 g/mol. The molecule has 0 aromatic heterocycles. The minimum absolute atomic E-state index is 0.168. The summed E-state index contributed by atoms with van der Waals surface area (Å²) in [5.41, 5.74) is 2.85. The van der Waals surface area contributed by atoms with E-state index in [9.17, 15) is 20.4 Å². The van der Waals surface area contributed by atoms with Gasteiger partial charge in [-0.15, -0.1) is 0 Å². The van der Waals surface area contributed by atoms with Crippen LogP contribution in [-0.2, 0) is 53.0 Å². The molecule has 11 heteroatoms. The monoisotopic (exact) mass is 626 g/mol. The molecule has 5 rings (SSSR count). The lowest BCUT2D eigenvalue weighted by Crippen LogP contribution is -2.63. The van der Waals surface area contributed by atoms with Crippen LogP contribution in [-0.4, -0.2) is 102 Å². The summed E-state index contributed by atoms with van der Waals surface area (Å²) < 4.78 is 43.1. The molecule has 244 valence electrons. The van der Waals surface area contributed by atoms with Crippen LogP contribution < -0.4 is 0 Å². The number of aliphatic hydroxyl groups excluding tert-OH is 4. The molecule has 2 aliphatic heterocycles. The molecule has 0 radical (unpaired) electrons. The highest BCUT2D eigenvalue weighted by atomic mass is 16.7. The first-order chi connectivity index (χ1) is 22.0. The van der Waals surface area contributed by atoms with E-state index in [1.807, 2.05) is 91.0 Å². The maximum atomic E-state index is 10.6. The molecule has 0 amide bonds. The zero-order valence-corrected chi connectivity index (χ0v) is 25.1. The quantitative estimate of drug-likeness (QED) is 0.208. The zero-order valence-electron chi connectivity index (χ0n) is 25.1. The van der Waals surface area contributed by atoms with Crippen molar-refractivity contribution in [2.45, 2.75) is 81.2 Å². The van der Waals surface area contributed by atoms with E-state index in [4.69, 9.17) is 33.2 Å². The summed E-state index contributed by atoms with van der Waals surface area (Å²) in [4.78, 5) is 0. The summed E-state index contributed by atoms with van der Waals surface area (Å²) in [5.74, 6) is 0.